The fraction of sp³-hybridized carbons (Fsp3) is 0. The summed E-state index contributed by atoms with van der Waals surface area (Å²) in [6.45, 7) is 0. The van der Waals surface area contributed by atoms with Gasteiger partial charge in [0.25, 0.3) is 0 Å². The van der Waals surface area contributed by atoms with E-state index in [2.05, 4.69) is 0 Å². The van der Waals surface area contributed by atoms with Gasteiger partial charge in [0, 0.05) is 0 Å². The van der Waals surface area contributed by atoms with Crippen molar-refractivity contribution in [2.24, 2.45) is 0 Å². The maximum atomic E-state index is 9.91. The van der Waals surface area contributed by atoms with Crippen LogP contribution in [0.3, 0.4) is 0 Å². The van der Waals surface area contributed by atoms with Gasteiger partial charge in [-0.3, -0.25) is 0 Å². The standard InChI is InChI=1S/5FH.Pb.Sb.2H/h5*1H;;;;/q;;;;;;+5;;/p-5. The minimum absolute atomic E-state index is 0. The SMILES string of the molecule is [F][Sb]([F])([F])([F])[F].[PbH2]. The number of hydrogen-bond donors (Lipinski definition) is 0. The molecule has 0 heterocycles. The second kappa shape index (κ2) is 2.33. The summed E-state index contributed by atoms with van der Waals surface area (Å²) in [5.74, 6) is 0. The molecule has 0 aliphatic rings. The average molecular weight is 426 g/mol. The second-order valence-electron chi connectivity index (χ2n) is 0.639. The van der Waals surface area contributed by atoms with Gasteiger partial charge in [0.1, 0.15) is 0 Å². The van der Waals surface area contributed by atoms with E-state index < -0.39 is 20.3 Å². The van der Waals surface area contributed by atoms with Crippen LogP contribution in [-0.4, -0.2) is 47.6 Å². The first-order valence-electron chi connectivity index (χ1n) is 0.845. The van der Waals surface area contributed by atoms with E-state index in [9.17, 15) is 14.1 Å². The topological polar surface area (TPSA) is 0 Å². The van der Waals surface area contributed by atoms with Crippen LogP contribution in [-0.2, 0) is 0 Å². The van der Waals surface area contributed by atoms with Gasteiger partial charge in [0.15, 0.2) is 0 Å². The van der Waals surface area contributed by atoms with Crippen LogP contribution >= 0.6 is 0 Å². The zero-order valence-electron chi connectivity index (χ0n) is 3.04. The maximum absolute atomic E-state index is 9.91. The van der Waals surface area contributed by atoms with Gasteiger partial charge in [-0.2, -0.15) is 0 Å². The number of hydrogen-bond acceptors (Lipinski definition) is 0. The molecular formula is H2F5PbSb. The molecule has 0 nitrogen and oxygen atoms in total. The summed E-state index contributed by atoms with van der Waals surface area (Å²) < 4.78 is 49.6. The van der Waals surface area contributed by atoms with Crippen molar-refractivity contribution in [3.63, 3.8) is 0 Å². The van der Waals surface area contributed by atoms with Gasteiger partial charge in [-0.1, -0.05) is 0 Å². The van der Waals surface area contributed by atoms with E-state index in [1.807, 2.05) is 0 Å². The molecule has 0 aliphatic carbocycles. The van der Waals surface area contributed by atoms with Crippen molar-refractivity contribution in [2.45, 2.75) is 0 Å². The molecule has 0 aromatic heterocycles. The van der Waals surface area contributed by atoms with Gasteiger partial charge < -0.3 is 0 Å². The van der Waals surface area contributed by atoms with E-state index >= 15 is 0 Å². The zero-order valence-corrected chi connectivity index (χ0v) is 11.1. The van der Waals surface area contributed by atoms with Crippen molar-refractivity contribution < 1.29 is 14.1 Å². The second-order valence-corrected chi connectivity index (χ2v) is 4.29. The van der Waals surface area contributed by atoms with E-state index in [0.29, 0.717) is 0 Å². The fourth-order valence-electron chi connectivity index (χ4n) is 0. The summed E-state index contributed by atoms with van der Waals surface area (Å²) in [6, 6.07) is 0. The van der Waals surface area contributed by atoms with Gasteiger partial charge in [0.2, 0.25) is 0 Å². The van der Waals surface area contributed by atoms with Crippen molar-refractivity contribution in [3.8, 4) is 0 Å². The molecule has 0 amide bonds. The Morgan fingerprint density at radius 1 is 0.714 bits per heavy atom. The van der Waals surface area contributed by atoms with Crippen molar-refractivity contribution in [1.82, 2.24) is 0 Å². The monoisotopic (exact) mass is 426 g/mol. The Hall–Kier alpha value is 1.39. The summed E-state index contributed by atoms with van der Waals surface area (Å²) in [5.41, 5.74) is 0. The van der Waals surface area contributed by atoms with Crippen LogP contribution in [0.5, 0.6) is 0 Å². The van der Waals surface area contributed by atoms with Crippen molar-refractivity contribution >= 4 is 47.6 Å². The third-order valence-electron chi connectivity index (χ3n) is 0. The molecule has 0 aromatic rings. The van der Waals surface area contributed by atoms with Crippen LogP contribution in [0.2, 0.25) is 0 Å². The van der Waals surface area contributed by atoms with Gasteiger partial charge >= 0.3 is 61.7 Å². The van der Waals surface area contributed by atoms with Crippen molar-refractivity contribution in [3.05, 3.63) is 0 Å². The van der Waals surface area contributed by atoms with Crippen LogP contribution in [0.4, 0.5) is 14.1 Å². The summed E-state index contributed by atoms with van der Waals surface area (Å²) in [7, 11) is 0. The molecule has 7 heavy (non-hydrogen) atoms. The Kier molecular flexibility index (Phi) is 3.73. The Morgan fingerprint density at radius 2 is 0.714 bits per heavy atom. The molecule has 0 aromatic carbocycles. The first-order valence-corrected chi connectivity index (χ1v) is 5.67. The average Bonchev–Trinajstić information content (AvgIpc) is 0.650. The van der Waals surface area contributed by atoms with Gasteiger partial charge in [0.05, 0.1) is 0 Å². The summed E-state index contributed by atoms with van der Waals surface area (Å²) >= 11 is -9.19. The van der Waals surface area contributed by atoms with Crippen molar-refractivity contribution in [2.75, 3.05) is 0 Å². The normalized spacial score (nSPS) is 16.4. The number of rotatable bonds is 0. The van der Waals surface area contributed by atoms with E-state index in [4.69, 9.17) is 0 Å². The molecular weight excluding hydrogens is 424 g/mol. The van der Waals surface area contributed by atoms with E-state index in [-0.39, 0.29) is 27.3 Å². The van der Waals surface area contributed by atoms with Crippen LogP contribution in [0, 0.1) is 0 Å². The van der Waals surface area contributed by atoms with E-state index in [1.165, 1.54) is 0 Å². The summed E-state index contributed by atoms with van der Waals surface area (Å²) in [6.07, 6.45) is 0. The predicted octanol–water partition coefficient (Wildman–Crippen LogP) is 0.804. The van der Waals surface area contributed by atoms with E-state index in [1.54, 1.807) is 0 Å². The fourth-order valence-corrected chi connectivity index (χ4v) is 0. The Bertz CT molecular complexity index is 41.3. The molecule has 46 valence electrons. The predicted molar refractivity (Wildman–Crippen MR) is 19.8 cm³/mol. The Balaban J connectivity index is 0. The van der Waals surface area contributed by atoms with Crippen LogP contribution < -0.4 is 0 Å². The van der Waals surface area contributed by atoms with Gasteiger partial charge in [-0.25, -0.2) is 0 Å². The van der Waals surface area contributed by atoms with Crippen molar-refractivity contribution in [1.29, 1.82) is 0 Å². The molecule has 0 spiro atoms. The molecule has 0 saturated heterocycles. The molecule has 0 saturated carbocycles. The first kappa shape index (κ1) is 11.2. The Morgan fingerprint density at radius 3 is 0.714 bits per heavy atom. The molecule has 0 fully saturated rings. The van der Waals surface area contributed by atoms with Gasteiger partial charge in [-0.15, -0.1) is 0 Å². The molecule has 0 bridgehead atoms. The summed E-state index contributed by atoms with van der Waals surface area (Å²) in [5, 5.41) is 0. The Labute approximate surface area is 61.3 Å². The quantitative estimate of drug-likeness (QED) is 0.398. The zero-order chi connectivity index (χ0) is 5.45. The summed E-state index contributed by atoms with van der Waals surface area (Å²) in [4.78, 5) is 0. The molecule has 0 atom stereocenters. The van der Waals surface area contributed by atoms with Crippen LogP contribution in [0.15, 0.2) is 0 Å². The number of halogens is 5. The molecule has 2 radical (unpaired) electrons. The molecule has 0 unspecified atom stereocenters. The van der Waals surface area contributed by atoms with E-state index in [0.717, 1.165) is 0 Å². The molecule has 7 heteroatoms. The minimum atomic E-state index is -9.19. The molecule has 0 aliphatic heterocycles. The molecule has 0 N–H and O–H groups in total. The van der Waals surface area contributed by atoms with Crippen LogP contribution in [0.25, 0.3) is 0 Å². The third-order valence-corrected chi connectivity index (χ3v) is 0. The third kappa shape index (κ3) is 111. The molecule has 0 rings (SSSR count). The first-order chi connectivity index (χ1) is 2.24. The van der Waals surface area contributed by atoms with Crippen LogP contribution in [0.1, 0.15) is 0 Å². The van der Waals surface area contributed by atoms with Gasteiger partial charge in [-0.05, 0) is 0 Å².